The molecule has 1 fully saturated rings. The number of alkyl halides is 3. The number of pyridine rings is 1. The van der Waals surface area contributed by atoms with Crippen LogP contribution in [0.25, 0.3) is 5.57 Å². The first-order chi connectivity index (χ1) is 13.8. The number of hydrogen-bond acceptors (Lipinski definition) is 3. The lowest BCUT2D eigenvalue weighted by Gasteiger charge is -2.28. The van der Waals surface area contributed by atoms with E-state index in [-0.39, 0.29) is 0 Å². The van der Waals surface area contributed by atoms with Crippen molar-refractivity contribution in [2.75, 3.05) is 18.0 Å². The fourth-order valence-corrected chi connectivity index (χ4v) is 3.31. The summed E-state index contributed by atoms with van der Waals surface area (Å²) < 4.78 is 38.7. The topological polar surface area (TPSA) is 53.4 Å². The van der Waals surface area contributed by atoms with Crippen molar-refractivity contribution in [3.63, 3.8) is 0 Å². The highest BCUT2D eigenvalue weighted by Gasteiger charge is 2.30. The minimum atomic E-state index is -4.41. The number of aliphatic carboxylic acids is 1. The molecular weight excluding hydrogens is 381 g/mol. The molecule has 0 saturated carbocycles. The fourth-order valence-electron chi connectivity index (χ4n) is 3.31. The third-order valence-corrected chi connectivity index (χ3v) is 4.76. The Bertz CT molecular complexity index is 912. The fraction of sp³-hybridized carbons (Fsp3) is 0.273. The molecule has 7 heteroatoms. The Kier molecular flexibility index (Phi) is 6.36. The summed E-state index contributed by atoms with van der Waals surface area (Å²) in [7, 11) is 0. The number of piperidine rings is 1. The predicted molar refractivity (Wildman–Crippen MR) is 106 cm³/mol. The Morgan fingerprint density at radius 1 is 1.03 bits per heavy atom. The zero-order valence-electron chi connectivity index (χ0n) is 15.7. The molecule has 0 bridgehead atoms. The van der Waals surface area contributed by atoms with Crippen molar-refractivity contribution in [1.82, 2.24) is 4.98 Å². The Morgan fingerprint density at radius 3 is 2.34 bits per heavy atom. The quantitative estimate of drug-likeness (QED) is 0.554. The van der Waals surface area contributed by atoms with Crippen LogP contribution in [-0.2, 0) is 11.0 Å². The Balaban J connectivity index is 1.99. The number of carbonyl (C=O) groups is 1. The van der Waals surface area contributed by atoms with Gasteiger partial charge in [-0.15, -0.1) is 0 Å². The first-order valence-electron chi connectivity index (χ1n) is 9.35. The molecule has 0 amide bonds. The molecule has 29 heavy (non-hydrogen) atoms. The summed E-state index contributed by atoms with van der Waals surface area (Å²) in [6, 6.07) is 8.50. The number of carboxylic acid groups (broad SMARTS) is 1. The van der Waals surface area contributed by atoms with Crippen molar-refractivity contribution in [2.45, 2.75) is 25.4 Å². The lowest BCUT2D eigenvalue weighted by Crippen LogP contribution is -2.30. The van der Waals surface area contributed by atoms with Gasteiger partial charge in [0.05, 0.1) is 5.56 Å². The maximum atomic E-state index is 12.9. The molecule has 1 aromatic heterocycles. The highest BCUT2D eigenvalue weighted by Crippen LogP contribution is 2.32. The van der Waals surface area contributed by atoms with Gasteiger partial charge in [-0.1, -0.05) is 24.3 Å². The average Bonchev–Trinajstić information content (AvgIpc) is 2.71. The van der Waals surface area contributed by atoms with E-state index < -0.39 is 17.7 Å². The third-order valence-electron chi connectivity index (χ3n) is 4.76. The van der Waals surface area contributed by atoms with Crippen molar-refractivity contribution in [3.05, 3.63) is 77.5 Å². The summed E-state index contributed by atoms with van der Waals surface area (Å²) in [5, 5.41) is 8.85. The molecule has 1 N–H and O–H groups in total. The summed E-state index contributed by atoms with van der Waals surface area (Å²) in [4.78, 5) is 17.4. The van der Waals surface area contributed by atoms with Gasteiger partial charge in [0.1, 0.15) is 5.82 Å². The number of rotatable bonds is 5. The molecule has 1 aliphatic heterocycles. The maximum absolute atomic E-state index is 12.9. The second-order valence-corrected chi connectivity index (χ2v) is 6.80. The zero-order chi connectivity index (χ0) is 20.9. The van der Waals surface area contributed by atoms with E-state index in [4.69, 9.17) is 5.11 Å². The molecule has 1 aliphatic rings. The molecular formula is C22H21F3N2O2. The second-order valence-electron chi connectivity index (χ2n) is 6.80. The van der Waals surface area contributed by atoms with Gasteiger partial charge in [-0.2, -0.15) is 13.2 Å². The number of aromatic nitrogens is 1. The van der Waals surface area contributed by atoms with Gasteiger partial charge in [0.2, 0.25) is 0 Å². The second kappa shape index (κ2) is 8.94. The lowest BCUT2D eigenvalue weighted by molar-refractivity contribution is -0.137. The van der Waals surface area contributed by atoms with Crippen molar-refractivity contribution in [2.24, 2.45) is 0 Å². The number of halogens is 3. The normalized spacial score (nSPS) is 15.7. The van der Waals surface area contributed by atoms with Crippen LogP contribution in [0.1, 0.15) is 36.0 Å². The van der Waals surface area contributed by atoms with E-state index in [9.17, 15) is 18.0 Å². The number of anilines is 1. The number of benzene rings is 1. The van der Waals surface area contributed by atoms with Crippen LogP contribution >= 0.6 is 0 Å². The Labute approximate surface area is 167 Å². The standard InChI is InChI=1S/C22H21F3N2O2/c23-22(24,25)18-9-7-16(8-10-18)19(5-4-6-21(28)29)17-11-12-26-20(15-17)27-13-2-1-3-14-27/h4-12,15H,1-3,13-14H2,(H,28,29)/b6-4+,19-5+. The van der Waals surface area contributed by atoms with Crippen molar-refractivity contribution in [3.8, 4) is 0 Å². The zero-order valence-corrected chi connectivity index (χ0v) is 15.7. The number of carboxylic acids is 1. The SMILES string of the molecule is O=C(O)/C=C/C=C(\c1ccc(C(F)(F)F)cc1)c1ccnc(N2CCCCC2)c1. The number of allylic oxidation sites excluding steroid dienone is 2. The minimum absolute atomic E-state index is 0.559. The maximum Gasteiger partial charge on any atom is 0.416 e. The third kappa shape index (κ3) is 5.47. The summed E-state index contributed by atoms with van der Waals surface area (Å²) in [6.07, 6.45) is 4.57. The minimum Gasteiger partial charge on any atom is -0.478 e. The van der Waals surface area contributed by atoms with Crippen LogP contribution in [0.2, 0.25) is 0 Å². The summed E-state index contributed by atoms with van der Waals surface area (Å²) >= 11 is 0. The van der Waals surface area contributed by atoms with Crippen LogP contribution in [0.4, 0.5) is 19.0 Å². The van der Waals surface area contributed by atoms with Gasteiger partial charge in [-0.3, -0.25) is 0 Å². The molecule has 3 rings (SSSR count). The lowest BCUT2D eigenvalue weighted by atomic mass is 9.96. The number of hydrogen-bond donors (Lipinski definition) is 1. The van der Waals surface area contributed by atoms with Gasteiger partial charge >= 0.3 is 12.1 Å². The molecule has 2 heterocycles. The smallest absolute Gasteiger partial charge is 0.416 e. The van der Waals surface area contributed by atoms with Crippen LogP contribution < -0.4 is 4.90 Å². The molecule has 1 saturated heterocycles. The van der Waals surface area contributed by atoms with E-state index in [1.807, 2.05) is 6.07 Å². The van der Waals surface area contributed by atoms with Crippen LogP contribution in [0.5, 0.6) is 0 Å². The van der Waals surface area contributed by atoms with Crippen molar-refractivity contribution in [1.29, 1.82) is 0 Å². The average molecular weight is 402 g/mol. The van der Waals surface area contributed by atoms with E-state index in [1.165, 1.54) is 24.6 Å². The van der Waals surface area contributed by atoms with Gasteiger partial charge in [-0.05, 0) is 60.2 Å². The molecule has 152 valence electrons. The first-order valence-corrected chi connectivity index (χ1v) is 9.35. The van der Waals surface area contributed by atoms with Gasteiger partial charge in [0.25, 0.3) is 0 Å². The largest absolute Gasteiger partial charge is 0.478 e. The Hall–Kier alpha value is -3.09. The molecule has 0 spiro atoms. The molecule has 0 radical (unpaired) electrons. The molecule has 1 aromatic carbocycles. The van der Waals surface area contributed by atoms with E-state index in [0.717, 1.165) is 55.5 Å². The van der Waals surface area contributed by atoms with E-state index >= 15 is 0 Å². The van der Waals surface area contributed by atoms with Gasteiger partial charge in [-0.25, -0.2) is 9.78 Å². The van der Waals surface area contributed by atoms with Gasteiger partial charge in [0, 0.05) is 25.4 Å². The first kappa shape index (κ1) is 20.6. The summed E-state index contributed by atoms with van der Waals surface area (Å²) in [6.45, 7) is 1.82. The highest BCUT2D eigenvalue weighted by atomic mass is 19.4. The van der Waals surface area contributed by atoms with E-state index in [0.29, 0.717) is 11.1 Å². The summed E-state index contributed by atoms with van der Waals surface area (Å²) in [5.74, 6) is -0.293. The molecule has 0 aliphatic carbocycles. The Morgan fingerprint density at radius 2 is 1.72 bits per heavy atom. The molecule has 4 nitrogen and oxygen atoms in total. The van der Waals surface area contributed by atoms with Crippen molar-refractivity contribution >= 4 is 17.4 Å². The van der Waals surface area contributed by atoms with Crippen LogP contribution in [0.15, 0.2) is 60.8 Å². The van der Waals surface area contributed by atoms with Gasteiger partial charge < -0.3 is 10.0 Å². The van der Waals surface area contributed by atoms with Gasteiger partial charge in [0.15, 0.2) is 0 Å². The number of nitrogens with zero attached hydrogens (tertiary/aromatic N) is 2. The summed E-state index contributed by atoms with van der Waals surface area (Å²) in [5.41, 5.74) is 1.21. The van der Waals surface area contributed by atoms with Crippen molar-refractivity contribution < 1.29 is 23.1 Å². The van der Waals surface area contributed by atoms with Crippen LogP contribution in [-0.4, -0.2) is 29.1 Å². The molecule has 2 aromatic rings. The predicted octanol–water partition coefficient (Wildman–Crippen LogP) is 5.16. The monoisotopic (exact) mass is 402 g/mol. The van der Waals surface area contributed by atoms with Crippen LogP contribution in [0.3, 0.4) is 0 Å². The van der Waals surface area contributed by atoms with Crippen LogP contribution in [0, 0.1) is 0 Å². The molecule has 0 atom stereocenters. The molecule has 0 unspecified atom stereocenters. The van der Waals surface area contributed by atoms with E-state index in [2.05, 4.69) is 9.88 Å². The van der Waals surface area contributed by atoms with E-state index in [1.54, 1.807) is 18.3 Å². The highest BCUT2D eigenvalue weighted by molar-refractivity contribution is 5.84.